The largest absolute Gasteiger partial charge is 0.0149 e. The molecule has 3 unspecified atom stereocenters. The SMILES string of the molecule is C=C(C(=C)c1ccccc1)c1ccccc1.[CH3][Ti]([CH3])[CH]1CCC2C=CC=CC21.[SiH4]. The predicted octanol–water partition coefficient (Wildman–Crippen LogP) is 6.60. The second-order valence-electron chi connectivity index (χ2n) is 7.96. The zero-order chi connectivity index (χ0) is 19.9. The number of allylic oxidation sites excluding steroid dienone is 6. The number of hydrogen-bond donors (Lipinski definition) is 0. The van der Waals surface area contributed by atoms with Gasteiger partial charge in [0.2, 0.25) is 0 Å². The summed E-state index contributed by atoms with van der Waals surface area (Å²) >= 11 is -0.654. The molecule has 4 rings (SSSR count). The van der Waals surface area contributed by atoms with Gasteiger partial charge in [0, 0.05) is 0 Å². The van der Waals surface area contributed by atoms with Crippen molar-refractivity contribution >= 4 is 22.1 Å². The second-order valence-corrected chi connectivity index (χ2v) is 12.5. The van der Waals surface area contributed by atoms with E-state index in [2.05, 4.69) is 72.2 Å². The van der Waals surface area contributed by atoms with Gasteiger partial charge in [-0.25, -0.2) is 0 Å². The molecule has 2 heteroatoms. The summed E-state index contributed by atoms with van der Waals surface area (Å²) in [7, 11) is 0. The van der Waals surface area contributed by atoms with Crippen LogP contribution in [0.25, 0.3) is 11.1 Å². The first-order chi connectivity index (χ1) is 13.6. The summed E-state index contributed by atoms with van der Waals surface area (Å²) in [6.07, 6.45) is 12.3. The Morgan fingerprint density at radius 1 is 0.759 bits per heavy atom. The Kier molecular flexibility index (Phi) is 9.36. The molecule has 0 saturated heterocycles. The van der Waals surface area contributed by atoms with Crippen LogP contribution in [-0.4, -0.2) is 11.0 Å². The number of rotatable bonds is 4. The van der Waals surface area contributed by atoms with Gasteiger partial charge in [-0.3, -0.25) is 0 Å². The van der Waals surface area contributed by atoms with E-state index in [-0.39, 0.29) is 11.0 Å². The molecule has 2 aliphatic rings. The predicted molar refractivity (Wildman–Crippen MR) is 132 cm³/mol. The van der Waals surface area contributed by atoms with Crippen LogP contribution in [-0.2, 0) is 17.9 Å². The molecule has 0 spiro atoms. The summed E-state index contributed by atoms with van der Waals surface area (Å²) in [5.74, 6) is 1.84. The van der Waals surface area contributed by atoms with Crippen LogP contribution >= 0.6 is 0 Å². The van der Waals surface area contributed by atoms with Crippen molar-refractivity contribution in [1.82, 2.24) is 0 Å². The van der Waals surface area contributed by atoms with Crippen molar-refractivity contribution in [3.05, 3.63) is 109 Å². The quantitative estimate of drug-likeness (QED) is 0.375. The standard InChI is InChI=1S/C16H14.C9H11.2CH3.H4Si.Ti/c1-13(15-9-5-3-6-10-15)14(2)16-11-7-4-8-12-16;1-2-5-9-7-3-6-8(9)4-1;;;;/h3-12H,1-2H2;1-2,4-6,8-9H,3,7H2;2*1H3;1H4;. The topological polar surface area (TPSA) is 0 Å². The summed E-state index contributed by atoms with van der Waals surface area (Å²) in [5.41, 5.74) is 4.20. The van der Waals surface area contributed by atoms with Gasteiger partial charge in [0.15, 0.2) is 0 Å². The average Bonchev–Trinajstić information content (AvgIpc) is 3.19. The van der Waals surface area contributed by atoms with E-state index in [0.29, 0.717) is 0 Å². The average molecular weight is 436 g/mol. The van der Waals surface area contributed by atoms with Crippen molar-refractivity contribution in [2.24, 2.45) is 11.8 Å². The van der Waals surface area contributed by atoms with E-state index in [4.69, 9.17) is 0 Å². The molecule has 29 heavy (non-hydrogen) atoms. The van der Waals surface area contributed by atoms with E-state index in [1.165, 1.54) is 12.8 Å². The molecular weight excluding hydrogens is 400 g/mol. The zero-order valence-corrected chi connectivity index (χ0v) is 18.7. The maximum atomic E-state index is 4.10. The van der Waals surface area contributed by atoms with E-state index in [1.54, 1.807) is 0 Å². The number of benzene rings is 2. The van der Waals surface area contributed by atoms with E-state index in [0.717, 1.165) is 38.3 Å². The van der Waals surface area contributed by atoms with Gasteiger partial charge in [0.25, 0.3) is 0 Å². The normalized spacial score (nSPS) is 21.2. The molecule has 0 amide bonds. The summed E-state index contributed by atoms with van der Waals surface area (Å²) in [6.45, 7) is 8.20. The minimum Gasteiger partial charge on any atom is -0.0149 e. The first kappa shape index (κ1) is 23.6. The van der Waals surface area contributed by atoms with E-state index in [9.17, 15) is 0 Å². The molecule has 1 saturated carbocycles. The molecule has 1 fully saturated rings. The van der Waals surface area contributed by atoms with Gasteiger partial charge in [0.1, 0.15) is 0 Å². The molecule has 0 radical (unpaired) electrons. The van der Waals surface area contributed by atoms with Crippen molar-refractivity contribution in [3.8, 4) is 0 Å². The molecule has 151 valence electrons. The second kappa shape index (κ2) is 11.5. The monoisotopic (exact) mass is 435 g/mol. The first-order valence-corrected chi connectivity index (χ1v) is 14.2. The maximum Gasteiger partial charge on any atom is -0.0149 e. The molecule has 2 aromatic rings. The fourth-order valence-electron chi connectivity index (χ4n) is 4.26. The molecule has 3 atom stereocenters. The van der Waals surface area contributed by atoms with Crippen LogP contribution in [0.5, 0.6) is 0 Å². The third-order valence-electron chi connectivity index (χ3n) is 5.92. The van der Waals surface area contributed by atoms with Gasteiger partial charge in [0.05, 0.1) is 0 Å². The zero-order valence-electron chi connectivity index (χ0n) is 17.1. The summed E-state index contributed by atoms with van der Waals surface area (Å²) in [4.78, 5) is 0. The third kappa shape index (κ3) is 6.15. The molecule has 0 aromatic heterocycles. The van der Waals surface area contributed by atoms with Crippen LogP contribution in [0.2, 0.25) is 14.7 Å². The molecule has 0 bridgehead atoms. The van der Waals surface area contributed by atoms with Crippen LogP contribution in [0.4, 0.5) is 0 Å². The van der Waals surface area contributed by atoms with Gasteiger partial charge >= 0.3 is 81.5 Å². The summed E-state index contributed by atoms with van der Waals surface area (Å²) < 4.78 is 1.11. The van der Waals surface area contributed by atoms with Crippen molar-refractivity contribution in [1.29, 1.82) is 0 Å². The van der Waals surface area contributed by atoms with Gasteiger partial charge in [-0.1, -0.05) is 73.8 Å². The maximum absolute atomic E-state index is 4.10. The third-order valence-corrected chi connectivity index (χ3v) is 9.29. The summed E-state index contributed by atoms with van der Waals surface area (Å²) in [6, 6.07) is 20.3. The van der Waals surface area contributed by atoms with Crippen LogP contribution < -0.4 is 0 Å². The van der Waals surface area contributed by atoms with E-state index in [1.807, 2.05) is 36.4 Å². The van der Waals surface area contributed by atoms with Crippen molar-refractivity contribution < 1.29 is 17.9 Å². The minimum absolute atomic E-state index is 0. The molecule has 2 aromatic carbocycles. The van der Waals surface area contributed by atoms with Crippen LogP contribution in [0, 0.1) is 11.8 Å². The Labute approximate surface area is 188 Å². The van der Waals surface area contributed by atoms with Gasteiger partial charge < -0.3 is 0 Å². The van der Waals surface area contributed by atoms with Crippen LogP contribution in [0.15, 0.2) is 98.1 Å². The van der Waals surface area contributed by atoms with Gasteiger partial charge in [-0.05, 0) is 33.2 Å². The molecule has 0 nitrogen and oxygen atoms in total. The van der Waals surface area contributed by atoms with Gasteiger partial charge in [-0.2, -0.15) is 0 Å². The molecular formula is C27H35SiTi. The Balaban J connectivity index is 0.000000207. The molecule has 0 N–H and O–H groups in total. The Morgan fingerprint density at radius 2 is 1.24 bits per heavy atom. The fraction of sp³-hybridized carbons (Fsp3) is 0.259. The first-order valence-electron chi connectivity index (χ1n) is 10.2. The van der Waals surface area contributed by atoms with Crippen molar-refractivity contribution in [2.45, 2.75) is 27.5 Å². The molecule has 2 aliphatic carbocycles. The van der Waals surface area contributed by atoms with Crippen LogP contribution in [0.1, 0.15) is 24.0 Å². The van der Waals surface area contributed by atoms with E-state index >= 15 is 0 Å². The Bertz CT molecular complexity index is 799. The van der Waals surface area contributed by atoms with E-state index < -0.39 is 17.9 Å². The van der Waals surface area contributed by atoms with Gasteiger partial charge in [-0.15, -0.1) is 0 Å². The minimum atomic E-state index is -0.654. The summed E-state index contributed by atoms with van der Waals surface area (Å²) in [5, 5.41) is 5.05. The van der Waals surface area contributed by atoms with Crippen molar-refractivity contribution in [2.75, 3.05) is 0 Å². The Morgan fingerprint density at radius 3 is 1.72 bits per heavy atom. The van der Waals surface area contributed by atoms with Crippen molar-refractivity contribution in [3.63, 3.8) is 0 Å². The number of hydrogen-bond acceptors (Lipinski definition) is 0. The molecule has 0 aliphatic heterocycles. The van der Waals surface area contributed by atoms with Crippen LogP contribution in [0.3, 0.4) is 0 Å². The smallest absolute Gasteiger partial charge is 0.0149 e. The Hall–Kier alpha value is -1.67. The fourth-order valence-corrected chi connectivity index (χ4v) is 7.18. The molecule has 0 heterocycles. The number of fused-ring (bicyclic) bond motifs is 1.